The summed E-state index contributed by atoms with van der Waals surface area (Å²) in [5.74, 6) is 5.78. The minimum atomic E-state index is 0.751. The summed E-state index contributed by atoms with van der Waals surface area (Å²) in [7, 11) is 0. The molecule has 0 saturated carbocycles. The van der Waals surface area contributed by atoms with E-state index in [0.717, 1.165) is 38.2 Å². The lowest BCUT2D eigenvalue weighted by molar-refractivity contribution is 0.712. The number of hydrogen-bond donors (Lipinski definition) is 2. The smallest absolute Gasteiger partial charge is 0.0658 e. The van der Waals surface area contributed by atoms with Crippen LogP contribution < -0.4 is 21.2 Å². The maximum Gasteiger partial charge on any atom is 0.0658 e. The Bertz CT molecular complexity index is 1030. The van der Waals surface area contributed by atoms with Gasteiger partial charge in [-0.25, -0.2) is 10.9 Å². The fourth-order valence-corrected chi connectivity index (χ4v) is 4.57. The summed E-state index contributed by atoms with van der Waals surface area (Å²) in [6.07, 6.45) is 6.93. The Kier molecular flexibility index (Phi) is 7.93. The van der Waals surface area contributed by atoms with Crippen LogP contribution in [0.4, 0.5) is 17.1 Å². The predicted octanol–water partition coefficient (Wildman–Crippen LogP) is 5.48. The average Bonchev–Trinajstić information content (AvgIpc) is 2.89. The van der Waals surface area contributed by atoms with Gasteiger partial charge >= 0.3 is 0 Å². The summed E-state index contributed by atoms with van der Waals surface area (Å²) in [4.78, 5) is 10.4. The van der Waals surface area contributed by atoms with Crippen molar-refractivity contribution in [3.8, 4) is 0 Å². The van der Waals surface area contributed by atoms with E-state index in [0.29, 0.717) is 0 Å². The highest BCUT2D eigenvalue weighted by Gasteiger charge is 2.15. The lowest BCUT2D eigenvalue weighted by Gasteiger charge is -2.26. The summed E-state index contributed by atoms with van der Waals surface area (Å²) in [6.45, 7) is 2.87. The highest BCUT2D eigenvalue weighted by atomic mass is 16.3. The number of rotatable bonds is 1. The highest BCUT2D eigenvalue weighted by molar-refractivity contribution is 5.55. The first-order valence-electron chi connectivity index (χ1n) is 11.9. The van der Waals surface area contributed by atoms with Crippen molar-refractivity contribution >= 4 is 17.1 Å². The molecule has 0 unspecified atom stereocenters. The van der Waals surface area contributed by atoms with Gasteiger partial charge < -0.3 is 10.3 Å². The minimum absolute atomic E-state index is 0.751. The minimum Gasteiger partial charge on any atom is -0.385 e. The first-order valence-corrected chi connectivity index (χ1v) is 11.9. The lowest BCUT2D eigenvalue weighted by atomic mass is 10.0. The highest BCUT2D eigenvalue weighted by Crippen LogP contribution is 2.26. The topological polar surface area (TPSA) is 74.0 Å². The van der Waals surface area contributed by atoms with Crippen LogP contribution >= 0.6 is 0 Å². The summed E-state index contributed by atoms with van der Waals surface area (Å²) in [5.41, 5.74) is 7.56. The molecule has 0 aromatic heterocycles. The number of aryl methyl sites for hydroxylation is 3. The normalized spacial score (nSPS) is 15.8. The van der Waals surface area contributed by atoms with E-state index in [-0.39, 0.29) is 0 Å². The molecule has 0 aliphatic carbocycles. The largest absolute Gasteiger partial charge is 0.385 e. The van der Waals surface area contributed by atoms with Gasteiger partial charge in [-0.2, -0.15) is 0 Å². The van der Waals surface area contributed by atoms with Gasteiger partial charge in [-0.15, -0.1) is 4.91 Å². The molecule has 0 fully saturated rings. The first kappa shape index (κ1) is 22.8. The van der Waals surface area contributed by atoms with E-state index >= 15 is 0 Å². The van der Waals surface area contributed by atoms with Gasteiger partial charge in [-0.05, 0) is 73.4 Å². The van der Waals surface area contributed by atoms with Gasteiger partial charge in [0.1, 0.15) is 0 Å². The molecule has 6 nitrogen and oxygen atoms in total. The third-order valence-electron chi connectivity index (χ3n) is 6.29. The fourth-order valence-electron chi connectivity index (χ4n) is 4.57. The SMILES string of the molecule is NN1CCCc2ccccc21.O=NN1CCCc2ccccc21.c1ccc2c(c1)CCCN2. The van der Waals surface area contributed by atoms with E-state index in [9.17, 15) is 4.91 Å². The molecule has 3 aromatic carbocycles. The summed E-state index contributed by atoms with van der Waals surface area (Å²) in [6, 6.07) is 24.8. The standard InChI is InChI=1S/C9H10N2O.C9H12N2.C9H11N/c12-10-11-7-3-5-8-4-1-2-6-9(8)11;10-11-7-3-5-8-4-1-2-6-9(8)11;1-2-6-9-8(4-1)5-3-7-10-9/h1-2,4,6H,3,5,7H2;1-2,4,6H,3,5,7,10H2;1-2,4,6,10H,3,5,7H2. The zero-order valence-electron chi connectivity index (χ0n) is 19.1. The van der Waals surface area contributed by atoms with E-state index in [4.69, 9.17) is 5.84 Å². The number of fused-ring (bicyclic) bond motifs is 3. The molecule has 33 heavy (non-hydrogen) atoms. The van der Waals surface area contributed by atoms with Crippen LogP contribution in [0.15, 0.2) is 78.1 Å². The van der Waals surface area contributed by atoms with E-state index < -0.39 is 0 Å². The van der Waals surface area contributed by atoms with E-state index in [1.54, 1.807) is 0 Å². The van der Waals surface area contributed by atoms with Crippen molar-refractivity contribution in [2.45, 2.75) is 38.5 Å². The summed E-state index contributed by atoms with van der Waals surface area (Å²) >= 11 is 0. The van der Waals surface area contributed by atoms with Gasteiger partial charge in [0.25, 0.3) is 0 Å². The summed E-state index contributed by atoms with van der Waals surface area (Å²) < 4.78 is 0. The van der Waals surface area contributed by atoms with E-state index in [1.807, 2.05) is 35.3 Å². The predicted molar refractivity (Wildman–Crippen MR) is 137 cm³/mol. The average molecular weight is 444 g/mol. The summed E-state index contributed by atoms with van der Waals surface area (Å²) in [5, 5.41) is 9.69. The molecule has 3 aliphatic heterocycles. The van der Waals surface area contributed by atoms with Crippen LogP contribution in [0, 0.1) is 4.91 Å². The number of nitroso groups, excluding NO2 is 1. The molecule has 3 heterocycles. The second-order valence-electron chi connectivity index (χ2n) is 8.55. The Morgan fingerprint density at radius 3 is 1.97 bits per heavy atom. The zero-order valence-corrected chi connectivity index (χ0v) is 19.1. The van der Waals surface area contributed by atoms with Crippen LogP contribution in [-0.2, 0) is 19.3 Å². The number of benzene rings is 3. The third-order valence-corrected chi connectivity index (χ3v) is 6.29. The monoisotopic (exact) mass is 443 g/mol. The van der Waals surface area contributed by atoms with Gasteiger partial charge in [0.15, 0.2) is 0 Å². The van der Waals surface area contributed by atoms with Crippen molar-refractivity contribution in [3.05, 3.63) is 94.4 Å². The molecule has 0 atom stereocenters. The number of anilines is 3. The maximum absolute atomic E-state index is 10.4. The molecule has 3 aromatic rings. The molecule has 3 aliphatic rings. The van der Waals surface area contributed by atoms with Gasteiger partial charge in [0, 0.05) is 25.3 Å². The van der Waals surface area contributed by atoms with Crippen molar-refractivity contribution in [3.63, 3.8) is 0 Å². The van der Waals surface area contributed by atoms with E-state index in [2.05, 4.69) is 53.1 Å². The Morgan fingerprint density at radius 1 is 0.697 bits per heavy atom. The number of nitrogens with zero attached hydrogens (tertiary/aromatic N) is 3. The maximum atomic E-state index is 10.4. The van der Waals surface area contributed by atoms with Gasteiger partial charge in [0.05, 0.1) is 16.7 Å². The fraction of sp³-hybridized carbons (Fsp3) is 0.333. The lowest BCUT2D eigenvalue weighted by Crippen LogP contribution is -2.35. The number of nitrogens with one attached hydrogen (secondary N) is 1. The van der Waals surface area contributed by atoms with Crippen molar-refractivity contribution < 1.29 is 0 Å². The van der Waals surface area contributed by atoms with Crippen LogP contribution in [0.2, 0.25) is 0 Å². The quantitative estimate of drug-likeness (QED) is 0.385. The van der Waals surface area contributed by atoms with Gasteiger partial charge in [-0.3, -0.25) is 0 Å². The Labute approximate surface area is 196 Å². The Hall–Kier alpha value is -3.38. The molecule has 6 heteroatoms. The Balaban J connectivity index is 0.000000118. The second-order valence-corrected chi connectivity index (χ2v) is 8.55. The molecular weight excluding hydrogens is 410 g/mol. The van der Waals surface area contributed by atoms with Crippen LogP contribution in [0.3, 0.4) is 0 Å². The van der Waals surface area contributed by atoms with Crippen LogP contribution in [0.1, 0.15) is 36.0 Å². The molecule has 0 radical (unpaired) electrons. The molecule has 3 N–H and O–H groups in total. The molecule has 0 amide bonds. The number of hydrogen-bond acceptors (Lipinski definition) is 5. The molecule has 0 spiro atoms. The van der Waals surface area contributed by atoms with Crippen molar-refractivity contribution in [1.82, 2.24) is 0 Å². The van der Waals surface area contributed by atoms with Crippen molar-refractivity contribution in [2.24, 2.45) is 11.1 Å². The first-order chi connectivity index (χ1) is 16.3. The second kappa shape index (κ2) is 11.5. The van der Waals surface area contributed by atoms with Gasteiger partial charge in [-0.1, -0.05) is 54.6 Å². The van der Waals surface area contributed by atoms with Crippen molar-refractivity contribution in [1.29, 1.82) is 0 Å². The van der Waals surface area contributed by atoms with Gasteiger partial charge in [0.2, 0.25) is 0 Å². The zero-order chi connectivity index (χ0) is 22.9. The van der Waals surface area contributed by atoms with Crippen LogP contribution in [0.25, 0.3) is 0 Å². The number of hydrazine groups is 1. The Morgan fingerprint density at radius 2 is 1.27 bits per heavy atom. The van der Waals surface area contributed by atoms with E-state index in [1.165, 1.54) is 58.8 Å². The molecule has 0 bridgehead atoms. The number of para-hydroxylation sites is 3. The molecule has 6 rings (SSSR count). The molecule has 172 valence electrons. The van der Waals surface area contributed by atoms with Crippen LogP contribution in [-0.4, -0.2) is 19.6 Å². The molecule has 0 saturated heterocycles. The van der Waals surface area contributed by atoms with Crippen LogP contribution in [0.5, 0.6) is 0 Å². The molecular formula is C27H33N5O. The third kappa shape index (κ3) is 5.90. The van der Waals surface area contributed by atoms with Crippen molar-refractivity contribution in [2.75, 3.05) is 35.0 Å². The number of nitrogens with two attached hydrogens (primary N) is 1.